The molecule has 1 aromatic heterocycles. The molecule has 0 spiro atoms. The minimum atomic E-state index is -0.00333. The number of amides is 1. The first kappa shape index (κ1) is 14.1. The van der Waals surface area contributed by atoms with Crippen LogP contribution in [0.2, 0.25) is 0 Å². The van der Waals surface area contributed by atoms with Crippen LogP contribution in [0.5, 0.6) is 0 Å². The summed E-state index contributed by atoms with van der Waals surface area (Å²) in [7, 11) is 1.90. The molecule has 1 heterocycles. The third-order valence-electron chi connectivity index (χ3n) is 3.88. The van der Waals surface area contributed by atoms with E-state index in [-0.39, 0.29) is 17.9 Å². The maximum Gasteiger partial charge on any atom is 0.224 e. The van der Waals surface area contributed by atoms with Crippen molar-refractivity contribution < 1.29 is 4.79 Å². The van der Waals surface area contributed by atoms with Gasteiger partial charge in [-0.15, -0.1) is 0 Å². The molecule has 19 heavy (non-hydrogen) atoms. The minimum absolute atomic E-state index is 0.00333. The lowest BCUT2D eigenvalue weighted by atomic mass is 9.94. The van der Waals surface area contributed by atoms with Gasteiger partial charge in [0, 0.05) is 25.8 Å². The van der Waals surface area contributed by atoms with Crippen LogP contribution in [-0.4, -0.2) is 28.3 Å². The lowest BCUT2D eigenvalue weighted by molar-refractivity contribution is -0.125. The van der Waals surface area contributed by atoms with Crippen molar-refractivity contribution in [3.8, 4) is 0 Å². The summed E-state index contributed by atoms with van der Waals surface area (Å²) < 4.78 is 1.78. The van der Waals surface area contributed by atoms with Crippen LogP contribution in [0.3, 0.4) is 0 Å². The van der Waals surface area contributed by atoms with Gasteiger partial charge in [-0.05, 0) is 24.8 Å². The first-order valence-corrected chi connectivity index (χ1v) is 7.17. The summed E-state index contributed by atoms with van der Waals surface area (Å²) in [5, 5.41) is 7.12. The Bertz CT molecular complexity index is 415. The summed E-state index contributed by atoms with van der Waals surface area (Å²) in [6.07, 6.45) is 10.0. The molecule has 106 valence electrons. The van der Waals surface area contributed by atoms with Crippen LogP contribution >= 0.6 is 0 Å². The molecule has 0 aliphatic heterocycles. The number of nitrogens with one attached hydrogen (secondary N) is 1. The summed E-state index contributed by atoms with van der Waals surface area (Å²) >= 11 is 0. The standard InChI is InChI=1S/C14H24N4O/c1-18-10-11(9-17-18)7-8-16-14(19)12-5-3-2-4-6-13(12)15/h9-10,12-13H,2-8,15H2,1H3,(H,16,19). The Labute approximate surface area is 114 Å². The van der Waals surface area contributed by atoms with E-state index in [0.717, 1.165) is 37.7 Å². The van der Waals surface area contributed by atoms with E-state index in [4.69, 9.17) is 5.73 Å². The topological polar surface area (TPSA) is 72.9 Å². The van der Waals surface area contributed by atoms with Gasteiger partial charge in [0.1, 0.15) is 0 Å². The smallest absolute Gasteiger partial charge is 0.224 e. The van der Waals surface area contributed by atoms with Gasteiger partial charge in [-0.3, -0.25) is 9.48 Å². The molecule has 1 saturated carbocycles. The third-order valence-corrected chi connectivity index (χ3v) is 3.88. The second kappa shape index (κ2) is 6.70. The fraction of sp³-hybridized carbons (Fsp3) is 0.714. The van der Waals surface area contributed by atoms with E-state index in [1.54, 1.807) is 4.68 Å². The van der Waals surface area contributed by atoms with Crippen molar-refractivity contribution in [2.45, 2.75) is 44.6 Å². The Kier molecular flexibility index (Phi) is 4.96. The summed E-state index contributed by atoms with van der Waals surface area (Å²) in [4.78, 5) is 12.1. The highest BCUT2D eigenvalue weighted by Gasteiger charge is 2.26. The van der Waals surface area contributed by atoms with Gasteiger partial charge in [0.05, 0.1) is 12.1 Å². The number of carbonyl (C=O) groups excluding carboxylic acids is 1. The number of hydrogen-bond donors (Lipinski definition) is 2. The number of aromatic nitrogens is 2. The van der Waals surface area contributed by atoms with Crippen molar-refractivity contribution in [1.29, 1.82) is 0 Å². The number of nitrogens with zero attached hydrogens (tertiary/aromatic N) is 2. The molecular weight excluding hydrogens is 240 g/mol. The van der Waals surface area contributed by atoms with Gasteiger partial charge in [0.2, 0.25) is 5.91 Å². The molecule has 0 bridgehead atoms. The summed E-state index contributed by atoms with van der Waals surface area (Å²) in [5.74, 6) is 0.120. The fourth-order valence-electron chi connectivity index (χ4n) is 2.72. The summed E-state index contributed by atoms with van der Waals surface area (Å²) in [6.45, 7) is 0.660. The van der Waals surface area contributed by atoms with E-state index in [9.17, 15) is 4.79 Å². The Balaban J connectivity index is 1.76. The molecule has 0 radical (unpaired) electrons. The summed E-state index contributed by atoms with van der Waals surface area (Å²) in [5.41, 5.74) is 7.24. The zero-order valence-electron chi connectivity index (χ0n) is 11.6. The van der Waals surface area contributed by atoms with E-state index in [0.29, 0.717) is 6.54 Å². The number of aryl methyl sites for hydroxylation is 1. The van der Waals surface area contributed by atoms with Crippen LogP contribution in [-0.2, 0) is 18.3 Å². The average molecular weight is 264 g/mol. The fourth-order valence-corrected chi connectivity index (χ4v) is 2.72. The molecule has 5 nitrogen and oxygen atoms in total. The average Bonchev–Trinajstić information content (AvgIpc) is 2.67. The quantitative estimate of drug-likeness (QED) is 0.796. The molecule has 1 aliphatic rings. The molecule has 1 amide bonds. The van der Waals surface area contributed by atoms with Gasteiger partial charge in [-0.2, -0.15) is 5.10 Å². The Morgan fingerprint density at radius 2 is 2.26 bits per heavy atom. The predicted octanol–water partition coefficient (Wildman–Crippen LogP) is 0.986. The molecule has 1 aliphatic carbocycles. The summed E-state index contributed by atoms with van der Waals surface area (Å²) in [6, 6.07) is 0.0286. The van der Waals surface area contributed by atoms with Crippen LogP contribution in [0, 0.1) is 5.92 Å². The predicted molar refractivity (Wildman–Crippen MR) is 74.5 cm³/mol. The van der Waals surface area contributed by atoms with Crippen LogP contribution in [0.15, 0.2) is 12.4 Å². The molecule has 2 atom stereocenters. The number of nitrogens with two attached hydrogens (primary N) is 1. The first-order chi connectivity index (χ1) is 9.16. The van der Waals surface area contributed by atoms with Crippen LogP contribution < -0.4 is 11.1 Å². The zero-order valence-corrected chi connectivity index (χ0v) is 11.6. The van der Waals surface area contributed by atoms with E-state index in [1.165, 1.54) is 6.42 Å². The second-order valence-electron chi connectivity index (χ2n) is 5.47. The SMILES string of the molecule is Cn1cc(CCNC(=O)C2CCCCCC2N)cn1. The van der Waals surface area contributed by atoms with Gasteiger partial charge in [-0.25, -0.2) is 0 Å². The third kappa shape index (κ3) is 4.06. The number of carbonyl (C=O) groups is 1. The molecule has 0 saturated heterocycles. The molecular formula is C14H24N4O. The van der Waals surface area contributed by atoms with Crippen molar-refractivity contribution in [2.75, 3.05) is 6.54 Å². The molecule has 2 rings (SSSR count). The van der Waals surface area contributed by atoms with Crippen molar-refractivity contribution in [2.24, 2.45) is 18.7 Å². The van der Waals surface area contributed by atoms with Gasteiger partial charge in [0.25, 0.3) is 0 Å². The van der Waals surface area contributed by atoms with E-state index in [1.807, 2.05) is 19.4 Å². The van der Waals surface area contributed by atoms with E-state index >= 15 is 0 Å². The van der Waals surface area contributed by atoms with Gasteiger partial charge < -0.3 is 11.1 Å². The maximum absolute atomic E-state index is 12.1. The van der Waals surface area contributed by atoms with Gasteiger partial charge in [0.15, 0.2) is 0 Å². The highest BCUT2D eigenvalue weighted by molar-refractivity contribution is 5.79. The molecule has 2 unspecified atom stereocenters. The highest BCUT2D eigenvalue weighted by Crippen LogP contribution is 2.22. The molecule has 1 aromatic rings. The largest absolute Gasteiger partial charge is 0.355 e. The van der Waals surface area contributed by atoms with Crippen LogP contribution in [0.25, 0.3) is 0 Å². The number of hydrogen-bond acceptors (Lipinski definition) is 3. The van der Waals surface area contributed by atoms with Crippen molar-refractivity contribution in [3.05, 3.63) is 18.0 Å². The molecule has 0 aromatic carbocycles. The molecule has 1 fully saturated rings. The molecule has 3 N–H and O–H groups in total. The van der Waals surface area contributed by atoms with Crippen molar-refractivity contribution in [1.82, 2.24) is 15.1 Å². The second-order valence-corrected chi connectivity index (χ2v) is 5.47. The normalized spacial score (nSPS) is 23.9. The van der Waals surface area contributed by atoms with E-state index < -0.39 is 0 Å². The lowest BCUT2D eigenvalue weighted by Gasteiger charge is -2.20. The first-order valence-electron chi connectivity index (χ1n) is 7.17. The lowest BCUT2D eigenvalue weighted by Crippen LogP contribution is -2.41. The van der Waals surface area contributed by atoms with Gasteiger partial charge >= 0.3 is 0 Å². The monoisotopic (exact) mass is 264 g/mol. The van der Waals surface area contributed by atoms with Crippen LogP contribution in [0.4, 0.5) is 0 Å². The minimum Gasteiger partial charge on any atom is -0.355 e. The van der Waals surface area contributed by atoms with Crippen molar-refractivity contribution >= 4 is 5.91 Å². The van der Waals surface area contributed by atoms with Crippen molar-refractivity contribution in [3.63, 3.8) is 0 Å². The highest BCUT2D eigenvalue weighted by atomic mass is 16.1. The van der Waals surface area contributed by atoms with Crippen LogP contribution in [0.1, 0.15) is 37.7 Å². The zero-order chi connectivity index (χ0) is 13.7. The molecule has 5 heteroatoms. The van der Waals surface area contributed by atoms with E-state index in [2.05, 4.69) is 10.4 Å². The Hall–Kier alpha value is -1.36. The Morgan fingerprint density at radius 3 is 3.00 bits per heavy atom. The number of rotatable bonds is 4. The van der Waals surface area contributed by atoms with Gasteiger partial charge in [-0.1, -0.05) is 19.3 Å². The Morgan fingerprint density at radius 1 is 1.47 bits per heavy atom. The maximum atomic E-state index is 12.1.